The third kappa shape index (κ3) is 3.93. The third-order valence-electron chi connectivity index (χ3n) is 5.65. The molecule has 5 nitrogen and oxygen atoms in total. The summed E-state index contributed by atoms with van der Waals surface area (Å²) in [6.07, 6.45) is 4.31. The molecular formula is C22H27N3O2. The van der Waals surface area contributed by atoms with Gasteiger partial charge in [-0.2, -0.15) is 0 Å². The van der Waals surface area contributed by atoms with Gasteiger partial charge in [0.15, 0.2) is 0 Å². The van der Waals surface area contributed by atoms with E-state index in [0.29, 0.717) is 6.04 Å². The highest BCUT2D eigenvalue weighted by molar-refractivity contribution is 5.75. The van der Waals surface area contributed by atoms with Crippen LogP contribution >= 0.6 is 0 Å². The van der Waals surface area contributed by atoms with Gasteiger partial charge in [0.1, 0.15) is 5.75 Å². The van der Waals surface area contributed by atoms with E-state index >= 15 is 0 Å². The van der Waals surface area contributed by atoms with E-state index in [0.717, 1.165) is 62.1 Å². The number of ether oxygens (including phenoxy) is 1. The first kappa shape index (κ1) is 17.9. The second kappa shape index (κ2) is 8.01. The summed E-state index contributed by atoms with van der Waals surface area (Å²) >= 11 is 0. The molecule has 0 spiro atoms. The number of hydrogen-bond donors (Lipinski definition) is 1. The maximum Gasteiger partial charge on any atom is 0.326 e. The van der Waals surface area contributed by atoms with Crippen LogP contribution in [0.15, 0.2) is 53.3 Å². The molecule has 0 bridgehead atoms. The largest absolute Gasteiger partial charge is 0.497 e. The number of nitrogens with one attached hydrogen (secondary N) is 1. The van der Waals surface area contributed by atoms with E-state index in [1.54, 1.807) is 7.11 Å². The molecule has 0 unspecified atom stereocenters. The van der Waals surface area contributed by atoms with Gasteiger partial charge in [0, 0.05) is 19.1 Å². The molecule has 1 aromatic heterocycles. The van der Waals surface area contributed by atoms with Crippen LogP contribution in [0.5, 0.6) is 5.75 Å². The third-order valence-corrected chi connectivity index (χ3v) is 5.65. The number of piperidine rings is 1. The normalized spacial score (nSPS) is 16.0. The molecular weight excluding hydrogens is 338 g/mol. The lowest BCUT2D eigenvalue weighted by Crippen LogP contribution is -2.37. The van der Waals surface area contributed by atoms with E-state index in [1.165, 1.54) is 5.56 Å². The molecule has 2 aromatic carbocycles. The molecule has 0 radical (unpaired) electrons. The second-order valence-electron chi connectivity index (χ2n) is 7.34. The van der Waals surface area contributed by atoms with Gasteiger partial charge in [0.05, 0.1) is 18.1 Å². The van der Waals surface area contributed by atoms with E-state index < -0.39 is 0 Å². The van der Waals surface area contributed by atoms with E-state index in [2.05, 4.69) is 22.0 Å². The number of hydrogen-bond acceptors (Lipinski definition) is 3. The number of nitrogens with zero attached hydrogens (tertiary/aromatic N) is 2. The highest BCUT2D eigenvalue weighted by atomic mass is 16.5. The van der Waals surface area contributed by atoms with Crippen LogP contribution in [-0.4, -0.2) is 41.2 Å². The first-order valence-electron chi connectivity index (χ1n) is 9.79. The molecule has 0 saturated carbocycles. The lowest BCUT2D eigenvalue weighted by Gasteiger charge is -2.32. The zero-order valence-corrected chi connectivity index (χ0v) is 15.9. The topological polar surface area (TPSA) is 50.3 Å². The summed E-state index contributed by atoms with van der Waals surface area (Å²) in [7, 11) is 1.70. The molecule has 2 heterocycles. The van der Waals surface area contributed by atoms with Gasteiger partial charge in [-0.25, -0.2) is 4.79 Å². The van der Waals surface area contributed by atoms with Crippen LogP contribution < -0.4 is 10.4 Å². The smallest absolute Gasteiger partial charge is 0.326 e. The monoisotopic (exact) mass is 365 g/mol. The summed E-state index contributed by atoms with van der Waals surface area (Å²) < 4.78 is 7.17. The summed E-state index contributed by atoms with van der Waals surface area (Å²) in [5.41, 5.74) is 3.34. The Morgan fingerprint density at radius 2 is 1.81 bits per heavy atom. The van der Waals surface area contributed by atoms with Crippen LogP contribution in [0.1, 0.15) is 30.9 Å². The molecule has 1 N–H and O–H groups in total. The lowest BCUT2D eigenvalue weighted by molar-refractivity contribution is 0.185. The zero-order chi connectivity index (χ0) is 18.6. The van der Waals surface area contributed by atoms with Gasteiger partial charge in [0.2, 0.25) is 0 Å². The van der Waals surface area contributed by atoms with Crippen LogP contribution in [0.4, 0.5) is 0 Å². The van der Waals surface area contributed by atoms with Crippen molar-refractivity contribution in [1.82, 2.24) is 14.5 Å². The van der Waals surface area contributed by atoms with Gasteiger partial charge in [0.25, 0.3) is 0 Å². The number of aromatic nitrogens is 2. The highest BCUT2D eigenvalue weighted by Crippen LogP contribution is 2.25. The van der Waals surface area contributed by atoms with Crippen molar-refractivity contribution in [2.45, 2.75) is 31.7 Å². The van der Waals surface area contributed by atoms with E-state index in [4.69, 9.17) is 4.74 Å². The Balaban J connectivity index is 1.30. The Morgan fingerprint density at radius 1 is 1.07 bits per heavy atom. The zero-order valence-electron chi connectivity index (χ0n) is 15.9. The number of likely N-dealkylation sites (tertiary alicyclic amines) is 1. The molecule has 5 heteroatoms. The van der Waals surface area contributed by atoms with Crippen molar-refractivity contribution in [3.05, 3.63) is 64.6 Å². The predicted octanol–water partition coefficient (Wildman–Crippen LogP) is 3.61. The van der Waals surface area contributed by atoms with Crippen molar-refractivity contribution in [2.75, 3.05) is 26.7 Å². The van der Waals surface area contributed by atoms with E-state index in [1.807, 2.05) is 41.0 Å². The fraction of sp³-hybridized carbons (Fsp3) is 0.409. The van der Waals surface area contributed by atoms with Crippen LogP contribution in [0.2, 0.25) is 0 Å². The van der Waals surface area contributed by atoms with Crippen molar-refractivity contribution in [2.24, 2.45) is 0 Å². The number of rotatable bonds is 6. The van der Waals surface area contributed by atoms with Gasteiger partial charge in [-0.05, 0) is 62.1 Å². The van der Waals surface area contributed by atoms with Gasteiger partial charge >= 0.3 is 5.69 Å². The van der Waals surface area contributed by atoms with Crippen molar-refractivity contribution >= 4 is 11.0 Å². The van der Waals surface area contributed by atoms with Crippen LogP contribution in [0.25, 0.3) is 11.0 Å². The van der Waals surface area contributed by atoms with Crippen LogP contribution in [-0.2, 0) is 6.42 Å². The number of imidazole rings is 1. The first-order chi connectivity index (χ1) is 13.2. The summed E-state index contributed by atoms with van der Waals surface area (Å²) in [5, 5.41) is 0. The molecule has 27 heavy (non-hydrogen) atoms. The Morgan fingerprint density at radius 3 is 2.56 bits per heavy atom. The molecule has 0 atom stereocenters. The molecule has 142 valence electrons. The fourth-order valence-corrected chi connectivity index (χ4v) is 4.14. The Kier molecular flexibility index (Phi) is 5.30. The minimum absolute atomic E-state index is 0.0224. The van der Waals surface area contributed by atoms with Crippen LogP contribution in [0.3, 0.4) is 0 Å². The summed E-state index contributed by atoms with van der Waals surface area (Å²) in [6.45, 7) is 3.22. The molecule has 1 saturated heterocycles. The van der Waals surface area contributed by atoms with Crippen molar-refractivity contribution in [3.63, 3.8) is 0 Å². The Bertz CT molecular complexity index is 934. The van der Waals surface area contributed by atoms with Crippen molar-refractivity contribution in [1.29, 1.82) is 0 Å². The molecule has 0 aliphatic carbocycles. The van der Waals surface area contributed by atoms with Gasteiger partial charge in [-0.3, -0.25) is 4.57 Å². The average Bonchev–Trinajstić information content (AvgIpc) is 3.05. The molecule has 3 aromatic rings. The first-order valence-corrected chi connectivity index (χ1v) is 9.79. The molecule has 1 aliphatic rings. The van der Waals surface area contributed by atoms with E-state index in [-0.39, 0.29) is 5.69 Å². The summed E-state index contributed by atoms with van der Waals surface area (Å²) in [6, 6.07) is 16.6. The van der Waals surface area contributed by atoms with Crippen molar-refractivity contribution < 1.29 is 4.74 Å². The minimum Gasteiger partial charge on any atom is -0.497 e. The van der Waals surface area contributed by atoms with Crippen LogP contribution in [0, 0.1) is 0 Å². The Labute approximate surface area is 159 Å². The quantitative estimate of drug-likeness (QED) is 0.726. The summed E-state index contributed by atoms with van der Waals surface area (Å²) in [4.78, 5) is 17.9. The average molecular weight is 365 g/mol. The number of aryl methyl sites for hydroxylation is 1. The molecule has 0 amide bonds. The van der Waals surface area contributed by atoms with E-state index in [9.17, 15) is 4.79 Å². The number of para-hydroxylation sites is 2. The molecule has 1 fully saturated rings. The number of aromatic amines is 1. The lowest BCUT2D eigenvalue weighted by atomic mass is 10.0. The predicted molar refractivity (Wildman–Crippen MR) is 109 cm³/mol. The van der Waals surface area contributed by atoms with Gasteiger partial charge < -0.3 is 14.6 Å². The maximum atomic E-state index is 12.4. The van der Waals surface area contributed by atoms with Gasteiger partial charge in [-0.1, -0.05) is 24.3 Å². The fourth-order valence-electron chi connectivity index (χ4n) is 4.14. The number of H-pyrrole nitrogens is 1. The molecule has 4 rings (SSSR count). The minimum atomic E-state index is 0.0224. The highest BCUT2D eigenvalue weighted by Gasteiger charge is 2.23. The standard InChI is InChI=1S/C22H27N3O2/c1-27-19-10-8-17(9-11-19)5-4-14-24-15-12-18(13-16-24)25-21-7-3-2-6-20(21)23-22(25)26/h2-3,6-11,18H,4-5,12-16H2,1H3,(H,23,26). The SMILES string of the molecule is COc1ccc(CCCN2CCC(n3c(=O)[nH]c4ccccc43)CC2)cc1. The number of benzene rings is 2. The number of fused-ring (bicyclic) bond motifs is 1. The van der Waals surface area contributed by atoms with Crippen molar-refractivity contribution in [3.8, 4) is 5.75 Å². The second-order valence-corrected chi connectivity index (χ2v) is 7.34. The number of methoxy groups -OCH3 is 1. The maximum absolute atomic E-state index is 12.4. The van der Waals surface area contributed by atoms with Gasteiger partial charge in [-0.15, -0.1) is 0 Å². The Hall–Kier alpha value is -2.53. The molecule has 1 aliphatic heterocycles. The summed E-state index contributed by atoms with van der Waals surface area (Å²) in [5.74, 6) is 0.911.